The SMILES string of the molecule is COc1ccc(OC)c(C=CC(=O)NCCCS(=O)(=O)Cc2ccccc2)c1. The third-order valence-electron chi connectivity index (χ3n) is 4.01. The van der Waals surface area contributed by atoms with Gasteiger partial charge in [-0.1, -0.05) is 30.3 Å². The van der Waals surface area contributed by atoms with Crippen LogP contribution in [0.3, 0.4) is 0 Å². The maximum Gasteiger partial charge on any atom is 0.244 e. The van der Waals surface area contributed by atoms with Crippen molar-refractivity contribution < 1.29 is 22.7 Å². The largest absolute Gasteiger partial charge is 0.497 e. The van der Waals surface area contributed by atoms with Gasteiger partial charge in [0.2, 0.25) is 5.91 Å². The summed E-state index contributed by atoms with van der Waals surface area (Å²) in [4.78, 5) is 12.0. The number of sulfone groups is 1. The summed E-state index contributed by atoms with van der Waals surface area (Å²) in [6.45, 7) is 0.284. The highest BCUT2D eigenvalue weighted by Crippen LogP contribution is 2.24. The van der Waals surface area contributed by atoms with Crippen LogP contribution in [-0.2, 0) is 20.4 Å². The van der Waals surface area contributed by atoms with Gasteiger partial charge in [-0.2, -0.15) is 0 Å². The zero-order valence-electron chi connectivity index (χ0n) is 16.1. The zero-order valence-corrected chi connectivity index (χ0v) is 16.9. The van der Waals surface area contributed by atoms with E-state index in [4.69, 9.17) is 9.47 Å². The summed E-state index contributed by atoms with van der Waals surface area (Å²) in [5.41, 5.74) is 1.48. The number of hydrogen-bond donors (Lipinski definition) is 1. The molecule has 6 nitrogen and oxygen atoms in total. The maximum atomic E-state index is 12.1. The number of hydrogen-bond acceptors (Lipinski definition) is 5. The van der Waals surface area contributed by atoms with Crippen LogP contribution in [0, 0.1) is 0 Å². The van der Waals surface area contributed by atoms with Crippen LogP contribution in [0.5, 0.6) is 11.5 Å². The summed E-state index contributed by atoms with van der Waals surface area (Å²) in [5, 5.41) is 2.69. The van der Waals surface area contributed by atoms with E-state index in [1.165, 1.54) is 6.08 Å². The molecule has 2 aromatic carbocycles. The highest BCUT2D eigenvalue weighted by Gasteiger charge is 2.11. The van der Waals surface area contributed by atoms with Crippen LogP contribution in [0.25, 0.3) is 6.08 Å². The lowest BCUT2D eigenvalue weighted by Gasteiger charge is -2.07. The number of nitrogens with one attached hydrogen (secondary N) is 1. The Bertz CT molecular complexity index is 908. The molecule has 0 aliphatic rings. The van der Waals surface area contributed by atoms with E-state index in [0.717, 1.165) is 5.56 Å². The van der Waals surface area contributed by atoms with Crippen LogP contribution >= 0.6 is 0 Å². The van der Waals surface area contributed by atoms with Crippen molar-refractivity contribution in [2.75, 3.05) is 26.5 Å². The number of carbonyl (C=O) groups excluding carboxylic acids is 1. The number of rotatable bonds is 10. The Morgan fingerprint density at radius 1 is 1.07 bits per heavy atom. The number of methoxy groups -OCH3 is 2. The normalized spacial score (nSPS) is 11.4. The van der Waals surface area contributed by atoms with Crippen LogP contribution < -0.4 is 14.8 Å². The van der Waals surface area contributed by atoms with Gasteiger partial charge >= 0.3 is 0 Å². The van der Waals surface area contributed by atoms with E-state index in [2.05, 4.69) is 5.32 Å². The van der Waals surface area contributed by atoms with E-state index in [0.29, 0.717) is 23.5 Å². The fourth-order valence-electron chi connectivity index (χ4n) is 2.60. The second-order valence-corrected chi connectivity index (χ2v) is 8.35. The Balaban J connectivity index is 1.80. The Morgan fingerprint density at radius 3 is 2.50 bits per heavy atom. The van der Waals surface area contributed by atoms with Gasteiger partial charge in [0.25, 0.3) is 0 Å². The first-order chi connectivity index (χ1) is 13.4. The third-order valence-corrected chi connectivity index (χ3v) is 5.70. The summed E-state index contributed by atoms with van der Waals surface area (Å²) in [5.74, 6) is 1.01. The van der Waals surface area contributed by atoms with E-state index in [9.17, 15) is 13.2 Å². The molecule has 7 heteroatoms. The van der Waals surface area contributed by atoms with Crippen LogP contribution in [0.2, 0.25) is 0 Å². The molecule has 2 aromatic rings. The molecule has 0 aromatic heterocycles. The molecule has 0 unspecified atom stereocenters. The first-order valence-electron chi connectivity index (χ1n) is 8.86. The highest BCUT2D eigenvalue weighted by molar-refractivity contribution is 7.90. The molecule has 1 N–H and O–H groups in total. The summed E-state index contributed by atoms with van der Waals surface area (Å²) in [6.07, 6.45) is 3.37. The monoisotopic (exact) mass is 403 g/mol. The predicted octanol–water partition coefficient (Wildman–Crippen LogP) is 2.84. The minimum atomic E-state index is -3.20. The first kappa shape index (κ1) is 21.5. The second kappa shape index (κ2) is 10.5. The van der Waals surface area contributed by atoms with Crippen molar-refractivity contribution in [3.8, 4) is 11.5 Å². The van der Waals surface area contributed by atoms with Crippen molar-refractivity contribution >= 4 is 21.8 Å². The fraction of sp³-hybridized carbons (Fsp3) is 0.286. The highest BCUT2D eigenvalue weighted by atomic mass is 32.2. The molecule has 0 saturated heterocycles. The van der Waals surface area contributed by atoms with Crippen molar-refractivity contribution in [1.82, 2.24) is 5.32 Å². The van der Waals surface area contributed by atoms with Crippen molar-refractivity contribution in [1.29, 1.82) is 0 Å². The standard InChI is InChI=1S/C21H25NO5S/c1-26-19-10-11-20(27-2)18(15-19)9-12-21(23)22-13-6-14-28(24,25)16-17-7-4-3-5-8-17/h3-5,7-12,15H,6,13-14,16H2,1-2H3,(H,22,23). The molecule has 2 rings (SSSR count). The molecule has 28 heavy (non-hydrogen) atoms. The van der Waals surface area contributed by atoms with E-state index in [1.54, 1.807) is 50.6 Å². The van der Waals surface area contributed by atoms with E-state index >= 15 is 0 Å². The van der Waals surface area contributed by atoms with E-state index in [-0.39, 0.29) is 24.0 Å². The van der Waals surface area contributed by atoms with Crippen LogP contribution in [-0.4, -0.2) is 40.8 Å². The Hall–Kier alpha value is -2.80. The van der Waals surface area contributed by atoms with Gasteiger partial charge in [0.15, 0.2) is 9.84 Å². The molecule has 0 aliphatic heterocycles. The van der Waals surface area contributed by atoms with Crippen LogP contribution in [0.15, 0.2) is 54.6 Å². The zero-order chi connectivity index (χ0) is 20.4. The molecule has 0 heterocycles. The predicted molar refractivity (Wildman–Crippen MR) is 110 cm³/mol. The van der Waals surface area contributed by atoms with Gasteiger partial charge < -0.3 is 14.8 Å². The first-order valence-corrected chi connectivity index (χ1v) is 10.7. The second-order valence-electron chi connectivity index (χ2n) is 6.16. The molecular formula is C21H25NO5S. The smallest absolute Gasteiger partial charge is 0.244 e. The summed E-state index contributed by atoms with van der Waals surface area (Å²) in [6, 6.07) is 14.3. The van der Waals surface area contributed by atoms with Gasteiger partial charge in [0, 0.05) is 18.2 Å². The van der Waals surface area contributed by atoms with Crippen LogP contribution in [0.1, 0.15) is 17.5 Å². The molecule has 0 bridgehead atoms. The molecule has 0 spiro atoms. The summed E-state index contributed by atoms with van der Waals surface area (Å²) in [7, 11) is -0.0902. The van der Waals surface area contributed by atoms with Crippen molar-refractivity contribution in [3.63, 3.8) is 0 Å². The Kier molecular flexibility index (Phi) is 8.07. The summed E-state index contributed by atoms with van der Waals surface area (Å²) >= 11 is 0. The van der Waals surface area contributed by atoms with Crippen molar-refractivity contribution in [3.05, 3.63) is 65.7 Å². The number of ether oxygens (including phenoxy) is 2. The molecule has 0 radical (unpaired) electrons. The van der Waals surface area contributed by atoms with Gasteiger partial charge in [0.1, 0.15) is 11.5 Å². The molecular weight excluding hydrogens is 378 g/mol. The molecule has 0 fully saturated rings. The lowest BCUT2D eigenvalue weighted by molar-refractivity contribution is -0.116. The molecule has 150 valence electrons. The van der Waals surface area contributed by atoms with Gasteiger partial charge in [-0.25, -0.2) is 8.42 Å². The number of benzene rings is 2. The van der Waals surface area contributed by atoms with Gasteiger partial charge in [-0.05, 0) is 36.3 Å². The minimum absolute atomic E-state index is 0.0112. The maximum absolute atomic E-state index is 12.1. The lowest BCUT2D eigenvalue weighted by Crippen LogP contribution is -2.24. The fourth-order valence-corrected chi connectivity index (χ4v) is 4.03. The van der Waals surface area contributed by atoms with E-state index < -0.39 is 9.84 Å². The average molecular weight is 404 g/mol. The van der Waals surface area contributed by atoms with E-state index in [1.807, 2.05) is 18.2 Å². The number of amides is 1. The summed E-state index contributed by atoms with van der Waals surface area (Å²) < 4.78 is 34.7. The molecule has 1 amide bonds. The molecule has 0 aliphatic carbocycles. The number of carbonyl (C=O) groups is 1. The van der Waals surface area contributed by atoms with Gasteiger partial charge in [-0.3, -0.25) is 4.79 Å². The van der Waals surface area contributed by atoms with Crippen molar-refractivity contribution in [2.45, 2.75) is 12.2 Å². The molecule has 0 saturated carbocycles. The Morgan fingerprint density at radius 2 is 1.82 bits per heavy atom. The minimum Gasteiger partial charge on any atom is -0.497 e. The van der Waals surface area contributed by atoms with Gasteiger partial charge in [-0.15, -0.1) is 0 Å². The molecule has 0 atom stereocenters. The van der Waals surface area contributed by atoms with Crippen LogP contribution in [0.4, 0.5) is 0 Å². The third kappa shape index (κ3) is 7.08. The van der Waals surface area contributed by atoms with Gasteiger partial charge in [0.05, 0.1) is 25.7 Å². The Labute approximate surface area is 166 Å². The average Bonchev–Trinajstić information content (AvgIpc) is 2.69. The topological polar surface area (TPSA) is 81.7 Å². The quantitative estimate of drug-likeness (QED) is 0.487. The lowest BCUT2D eigenvalue weighted by atomic mass is 10.1. The van der Waals surface area contributed by atoms with Crippen molar-refractivity contribution in [2.24, 2.45) is 0 Å².